The predicted molar refractivity (Wildman–Crippen MR) is 128 cm³/mol. The summed E-state index contributed by atoms with van der Waals surface area (Å²) in [5.74, 6) is 2.61. The van der Waals surface area contributed by atoms with Crippen LogP contribution in [0, 0.1) is 20.8 Å². The number of piperidine rings is 1. The van der Waals surface area contributed by atoms with Crippen LogP contribution in [0.15, 0.2) is 47.8 Å². The first-order chi connectivity index (χ1) is 16.0. The zero-order chi connectivity index (χ0) is 22.9. The van der Waals surface area contributed by atoms with E-state index in [1.165, 1.54) is 17.3 Å². The second-order valence-electron chi connectivity index (χ2n) is 8.59. The van der Waals surface area contributed by atoms with Gasteiger partial charge < -0.3 is 4.90 Å². The summed E-state index contributed by atoms with van der Waals surface area (Å²) in [5.41, 5.74) is 4.26. The summed E-state index contributed by atoms with van der Waals surface area (Å²) < 4.78 is 4.10. The number of amides is 1. The number of rotatable bonds is 5. The number of aromatic nitrogens is 6. The number of hydrogen-bond donors (Lipinski definition) is 0. The normalized spacial score (nSPS) is 14.8. The van der Waals surface area contributed by atoms with E-state index in [2.05, 4.69) is 56.8 Å². The maximum Gasteiger partial charge on any atom is 0.233 e. The number of thioether (sulfide) groups is 1. The highest BCUT2D eigenvalue weighted by Crippen LogP contribution is 2.29. The summed E-state index contributed by atoms with van der Waals surface area (Å²) in [6, 6.07) is 12.3. The van der Waals surface area contributed by atoms with Gasteiger partial charge in [-0.3, -0.25) is 13.8 Å². The van der Waals surface area contributed by atoms with Crippen molar-refractivity contribution in [3.8, 4) is 5.69 Å². The molecule has 4 aromatic rings. The Morgan fingerprint density at radius 3 is 2.67 bits per heavy atom. The molecule has 4 heterocycles. The molecular formula is C24H27N7OS. The molecular weight excluding hydrogens is 434 g/mol. The lowest BCUT2D eigenvalue weighted by molar-refractivity contribution is -0.129. The topological polar surface area (TPSA) is 81.2 Å². The fraction of sp³-hybridized carbons (Fsp3) is 0.375. The molecule has 5 rings (SSSR count). The van der Waals surface area contributed by atoms with E-state index in [0.717, 1.165) is 59.6 Å². The average molecular weight is 462 g/mol. The molecule has 33 heavy (non-hydrogen) atoms. The summed E-state index contributed by atoms with van der Waals surface area (Å²) >= 11 is 1.45. The minimum absolute atomic E-state index is 0.137. The van der Waals surface area contributed by atoms with Crippen LogP contribution in [-0.4, -0.2) is 59.0 Å². The number of benzene rings is 1. The Hall–Kier alpha value is -3.20. The molecule has 0 radical (unpaired) electrons. The van der Waals surface area contributed by atoms with Crippen molar-refractivity contribution in [3.63, 3.8) is 0 Å². The molecule has 0 saturated carbocycles. The second kappa shape index (κ2) is 8.97. The molecule has 0 aliphatic carbocycles. The fourth-order valence-electron chi connectivity index (χ4n) is 4.42. The van der Waals surface area contributed by atoms with Gasteiger partial charge in [0.25, 0.3) is 0 Å². The van der Waals surface area contributed by atoms with Gasteiger partial charge in [0.15, 0.2) is 10.8 Å². The second-order valence-corrected chi connectivity index (χ2v) is 9.53. The molecule has 1 saturated heterocycles. The van der Waals surface area contributed by atoms with Crippen molar-refractivity contribution in [1.82, 2.24) is 34.3 Å². The van der Waals surface area contributed by atoms with Crippen LogP contribution in [-0.2, 0) is 4.79 Å². The quantitative estimate of drug-likeness (QED) is 0.421. The first-order valence-corrected chi connectivity index (χ1v) is 12.2. The molecule has 1 amide bonds. The number of pyridine rings is 1. The van der Waals surface area contributed by atoms with Gasteiger partial charge in [0.1, 0.15) is 11.6 Å². The molecule has 3 aromatic heterocycles. The fourth-order valence-corrected chi connectivity index (χ4v) is 5.31. The van der Waals surface area contributed by atoms with Gasteiger partial charge in [-0.05, 0) is 62.9 Å². The van der Waals surface area contributed by atoms with Gasteiger partial charge in [0.2, 0.25) is 5.91 Å². The number of aryl methyl sites for hydroxylation is 3. The summed E-state index contributed by atoms with van der Waals surface area (Å²) in [6.45, 7) is 7.56. The van der Waals surface area contributed by atoms with Crippen LogP contribution in [0.2, 0.25) is 0 Å². The van der Waals surface area contributed by atoms with E-state index in [0.29, 0.717) is 11.7 Å². The van der Waals surface area contributed by atoms with Crippen LogP contribution in [0.1, 0.15) is 41.5 Å². The van der Waals surface area contributed by atoms with Gasteiger partial charge in [-0.15, -0.1) is 20.4 Å². The SMILES string of the molecule is Cc1ccc(C)c(-n2c(C)nnc2SCC(=O)N2CCC(c3nnc4ccccn34)CC2)c1. The van der Waals surface area contributed by atoms with E-state index >= 15 is 0 Å². The lowest BCUT2D eigenvalue weighted by Crippen LogP contribution is -2.39. The van der Waals surface area contributed by atoms with Gasteiger partial charge in [-0.2, -0.15) is 0 Å². The molecule has 1 fully saturated rings. The summed E-state index contributed by atoms with van der Waals surface area (Å²) in [7, 11) is 0. The molecule has 0 atom stereocenters. The molecule has 0 bridgehead atoms. The third-order valence-electron chi connectivity index (χ3n) is 6.28. The lowest BCUT2D eigenvalue weighted by Gasteiger charge is -2.31. The van der Waals surface area contributed by atoms with Crippen LogP contribution in [0.5, 0.6) is 0 Å². The Morgan fingerprint density at radius 2 is 1.85 bits per heavy atom. The van der Waals surface area contributed by atoms with Crippen LogP contribution in [0.3, 0.4) is 0 Å². The van der Waals surface area contributed by atoms with Crippen molar-refractivity contribution in [2.45, 2.75) is 44.7 Å². The van der Waals surface area contributed by atoms with Crippen molar-refractivity contribution < 1.29 is 4.79 Å². The average Bonchev–Trinajstić information content (AvgIpc) is 3.42. The highest BCUT2D eigenvalue weighted by Gasteiger charge is 2.27. The predicted octanol–water partition coefficient (Wildman–Crippen LogP) is 3.73. The van der Waals surface area contributed by atoms with E-state index in [4.69, 9.17) is 0 Å². The van der Waals surface area contributed by atoms with Crippen molar-refractivity contribution >= 4 is 23.3 Å². The maximum atomic E-state index is 13.0. The minimum atomic E-state index is 0.137. The summed E-state index contributed by atoms with van der Waals surface area (Å²) in [5, 5.41) is 18.0. The van der Waals surface area contributed by atoms with Crippen molar-refractivity contribution in [2.75, 3.05) is 18.8 Å². The van der Waals surface area contributed by atoms with E-state index in [-0.39, 0.29) is 5.91 Å². The van der Waals surface area contributed by atoms with Gasteiger partial charge in [0.05, 0.1) is 11.4 Å². The van der Waals surface area contributed by atoms with E-state index in [1.807, 2.05) is 40.8 Å². The van der Waals surface area contributed by atoms with E-state index in [9.17, 15) is 4.79 Å². The summed E-state index contributed by atoms with van der Waals surface area (Å²) in [6.07, 6.45) is 3.79. The zero-order valence-electron chi connectivity index (χ0n) is 19.1. The number of nitrogens with zero attached hydrogens (tertiary/aromatic N) is 7. The van der Waals surface area contributed by atoms with Gasteiger partial charge in [0, 0.05) is 25.2 Å². The smallest absolute Gasteiger partial charge is 0.233 e. The monoisotopic (exact) mass is 461 g/mol. The van der Waals surface area contributed by atoms with Crippen molar-refractivity contribution in [3.05, 3.63) is 65.4 Å². The molecule has 1 aliphatic rings. The van der Waals surface area contributed by atoms with Crippen LogP contribution in [0.4, 0.5) is 0 Å². The van der Waals surface area contributed by atoms with Gasteiger partial charge in [-0.1, -0.05) is 30.0 Å². The molecule has 0 N–H and O–H groups in total. The Labute approximate surface area is 197 Å². The Morgan fingerprint density at radius 1 is 1.03 bits per heavy atom. The molecule has 0 spiro atoms. The van der Waals surface area contributed by atoms with Gasteiger partial charge in [-0.25, -0.2) is 0 Å². The van der Waals surface area contributed by atoms with Crippen molar-refractivity contribution in [1.29, 1.82) is 0 Å². The molecule has 9 heteroatoms. The van der Waals surface area contributed by atoms with Crippen LogP contribution >= 0.6 is 11.8 Å². The highest BCUT2D eigenvalue weighted by atomic mass is 32.2. The van der Waals surface area contributed by atoms with Gasteiger partial charge >= 0.3 is 0 Å². The van der Waals surface area contributed by atoms with E-state index < -0.39 is 0 Å². The summed E-state index contributed by atoms with van der Waals surface area (Å²) in [4.78, 5) is 14.9. The van der Waals surface area contributed by atoms with Crippen molar-refractivity contribution in [2.24, 2.45) is 0 Å². The molecule has 1 aromatic carbocycles. The largest absolute Gasteiger partial charge is 0.342 e. The van der Waals surface area contributed by atoms with Crippen LogP contribution < -0.4 is 0 Å². The highest BCUT2D eigenvalue weighted by molar-refractivity contribution is 7.99. The number of fused-ring (bicyclic) bond motifs is 1. The first kappa shape index (κ1) is 21.6. The number of carbonyl (C=O) groups is 1. The first-order valence-electron chi connectivity index (χ1n) is 11.2. The Kier molecular flexibility index (Phi) is 5.88. The van der Waals surface area contributed by atoms with Crippen LogP contribution in [0.25, 0.3) is 11.3 Å². The lowest BCUT2D eigenvalue weighted by atomic mass is 9.96. The standard InChI is InChI=1S/C24H27N7OS/c1-16-7-8-17(2)20(14-16)31-18(3)25-28-24(31)33-15-22(32)29-12-9-19(10-13-29)23-27-26-21-6-4-5-11-30(21)23/h4-8,11,14,19H,9-10,12-13,15H2,1-3H3. The third kappa shape index (κ3) is 4.25. The Balaban J connectivity index is 1.23. The number of hydrogen-bond acceptors (Lipinski definition) is 6. The molecule has 8 nitrogen and oxygen atoms in total. The number of carbonyl (C=O) groups excluding carboxylic acids is 1. The molecule has 0 unspecified atom stereocenters. The Bertz CT molecular complexity index is 1300. The third-order valence-corrected chi connectivity index (χ3v) is 7.19. The van der Waals surface area contributed by atoms with E-state index in [1.54, 1.807) is 0 Å². The molecule has 1 aliphatic heterocycles. The zero-order valence-corrected chi connectivity index (χ0v) is 19.9. The number of likely N-dealkylation sites (tertiary alicyclic amines) is 1. The molecule has 170 valence electrons. The minimum Gasteiger partial charge on any atom is -0.342 e. The maximum absolute atomic E-state index is 13.0.